The molecule has 0 saturated carbocycles. The molecule has 0 aliphatic rings. The van der Waals surface area contributed by atoms with E-state index in [1.54, 1.807) is 48.5 Å². The molecule has 0 radical (unpaired) electrons. The monoisotopic (exact) mass is 382 g/mol. The lowest BCUT2D eigenvalue weighted by Gasteiger charge is -2.09. The lowest BCUT2D eigenvalue weighted by atomic mass is 10.2. The Morgan fingerprint density at radius 2 is 1.80 bits per heavy atom. The van der Waals surface area contributed by atoms with Gasteiger partial charge in [0, 0.05) is 10.7 Å². The topological polar surface area (TPSA) is 84.5 Å². The van der Waals surface area contributed by atoms with Gasteiger partial charge >= 0.3 is 0 Å². The molecule has 0 aromatic heterocycles. The molecule has 6 nitrogen and oxygen atoms in total. The number of amides is 1. The molecule has 0 aliphatic heterocycles. The fraction of sp³-hybridized carbons (Fsp3) is 0.235. The minimum Gasteiger partial charge on any atom is -0.494 e. The second-order valence-corrected chi connectivity index (χ2v) is 7.39. The number of nitrogens with one attached hydrogen (secondary N) is 2. The molecule has 2 aromatic carbocycles. The summed E-state index contributed by atoms with van der Waals surface area (Å²) in [6.45, 7) is 2.07. The average Bonchev–Trinajstić information content (AvgIpc) is 2.57. The van der Waals surface area contributed by atoms with Crippen molar-refractivity contribution < 1.29 is 17.9 Å². The lowest BCUT2D eigenvalue weighted by Crippen LogP contribution is -2.33. The van der Waals surface area contributed by atoms with E-state index in [1.165, 1.54) is 0 Å². The molecule has 0 aliphatic carbocycles. The maximum absolute atomic E-state index is 12.1. The molecule has 134 valence electrons. The molecule has 1 amide bonds. The molecule has 0 spiro atoms. The highest BCUT2D eigenvalue weighted by atomic mass is 35.5. The molecule has 0 heterocycles. The summed E-state index contributed by atoms with van der Waals surface area (Å²) < 4.78 is 31.7. The van der Waals surface area contributed by atoms with Crippen molar-refractivity contribution >= 4 is 33.2 Å². The van der Waals surface area contributed by atoms with Crippen molar-refractivity contribution in [2.75, 3.05) is 18.5 Å². The third kappa shape index (κ3) is 6.38. The quantitative estimate of drug-likeness (QED) is 0.735. The predicted octanol–water partition coefficient (Wildman–Crippen LogP) is 2.80. The summed E-state index contributed by atoms with van der Waals surface area (Å²) in [5, 5.41) is 2.98. The number of anilines is 1. The zero-order valence-corrected chi connectivity index (χ0v) is 15.2. The number of carbonyl (C=O) groups excluding carboxylic acids is 1. The van der Waals surface area contributed by atoms with Gasteiger partial charge in [-0.1, -0.05) is 29.8 Å². The highest BCUT2D eigenvalue weighted by Crippen LogP contribution is 2.17. The Morgan fingerprint density at radius 1 is 1.12 bits per heavy atom. The molecule has 0 atom stereocenters. The maximum Gasteiger partial charge on any atom is 0.239 e. The molecule has 0 saturated heterocycles. The Balaban J connectivity index is 1.87. The zero-order chi connectivity index (χ0) is 18.3. The number of sulfonamides is 1. The van der Waals surface area contributed by atoms with Crippen LogP contribution in [0, 0.1) is 0 Å². The largest absolute Gasteiger partial charge is 0.494 e. The molecular weight excluding hydrogens is 364 g/mol. The number of benzene rings is 2. The summed E-state index contributed by atoms with van der Waals surface area (Å²) in [7, 11) is -3.67. The summed E-state index contributed by atoms with van der Waals surface area (Å²) in [5.41, 5.74) is 1.03. The second-order valence-electron chi connectivity index (χ2n) is 5.18. The van der Waals surface area contributed by atoms with Gasteiger partial charge in [0.1, 0.15) is 5.75 Å². The van der Waals surface area contributed by atoms with Crippen molar-refractivity contribution in [3.63, 3.8) is 0 Å². The summed E-state index contributed by atoms with van der Waals surface area (Å²) in [6.07, 6.45) is 0. The number of hydrogen-bond acceptors (Lipinski definition) is 4. The van der Waals surface area contributed by atoms with Gasteiger partial charge in [-0.25, -0.2) is 13.1 Å². The highest BCUT2D eigenvalue weighted by molar-refractivity contribution is 7.88. The van der Waals surface area contributed by atoms with Gasteiger partial charge in [0.05, 0.1) is 18.9 Å². The van der Waals surface area contributed by atoms with Crippen LogP contribution < -0.4 is 14.8 Å². The summed E-state index contributed by atoms with van der Waals surface area (Å²) >= 11 is 5.95. The van der Waals surface area contributed by atoms with Gasteiger partial charge < -0.3 is 10.1 Å². The van der Waals surface area contributed by atoms with Gasteiger partial charge in [-0.15, -0.1) is 0 Å². The Labute approximate surface area is 152 Å². The van der Waals surface area contributed by atoms with Crippen molar-refractivity contribution in [2.45, 2.75) is 12.7 Å². The van der Waals surface area contributed by atoms with Gasteiger partial charge in [-0.3, -0.25) is 4.79 Å². The SMILES string of the molecule is CCOc1ccc(NC(=O)CNS(=O)(=O)Cc2ccccc2Cl)cc1. The van der Waals surface area contributed by atoms with Crippen LogP contribution in [0.4, 0.5) is 5.69 Å². The maximum atomic E-state index is 12.1. The summed E-state index contributed by atoms with van der Waals surface area (Å²) in [6, 6.07) is 13.5. The first-order chi connectivity index (χ1) is 11.9. The number of halogens is 1. The molecular formula is C17H19ClN2O4S. The number of carbonyl (C=O) groups is 1. The zero-order valence-electron chi connectivity index (χ0n) is 13.7. The fourth-order valence-corrected chi connectivity index (χ4v) is 3.45. The van der Waals surface area contributed by atoms with Crippen LogP contribution >= 0.6 is 11.6 Å². The molecule has 0 fully saturated rings. The summed E-state index contributed by atoms with van der Waals surface area (Å²) in [4.78, 5) is 11.9. The molecule has 8 heteroatoms. The van der Waals surface area contributed by atoms with Crippen molar-refractivity contribution in [3.05, 3.63) is 59.1 Å². The average molecular weight is 383 g/mol. The van der Waals surface area contributed by atoms with Gasteiger partial charge in [-0.2, -0.15) is 0 Å². The van der Waals surface area contributed by atoms with Gasteiger partial charge in [0.15, 0.2) is 0 Å². The van der Waals surface area contributed by atoms with Crippen LogP contribution in [0.1, 0.15) is 12.5 Å². The van der Waals surface area contributed by atoms with E-state index in [4.69, 9.17) is 16.3 Å². The van der Waals surface area contributed by atoms with E-state index in [2.05, 4.69) is 10.0 Å². The Morgan fingerprint density at radius 3 is 2.44 bits per heavy atom. The smallest absolute Gasteiger partial charge is 0.239 e. The van der Waals surface area contributed by atoms with E-state index in [0.717, 1.165) is 0 Å². The van der Waals surface area contributed by atoms with Crippen LogP contribution in [0.2, 0.25) is 5.02 Å². The molecule has 2 rings (SSSR count). The van der Waals surface area contributed by atoms with E-state index < -0.39 is 15.9 Å². The van der Waals surface area contributed by atoms with Gasteiger partial charge in [0.25, 0.3) is 0 Å². The number of ether oxygens (including phenoxy) is 1. The standard InChI is InChI=1S/C17H19ClN2O4S/c1-2-24-15-9-7-14(8-10-15)20-17(21)11-19-25(22,23)12-13-5-3-4-6-16(13)18/h3-10,19H,2,11-12H2,1H3,(H,20,21). The van der Waals surface area contributed by atoms with E-state index in [0.29, 0.717) is 28.6 Å². The predicted molar refractivity (Wildman–Crippen MR) is 98.3 cm³/mol. The summed E-state index contributed by atoms with van der Waals surface area (Å²) in [5.74, 6) is -0.0592. The fourth-order valence-electron chi connectivity index (χ4n) is 2.05. The first-order valence-corrected chi connectivity index (χ1v) is 9.66. The first kappa shape index (κ1) is 19.2. The van der Waals surface area contributed by atoms with Crippen molar-refractivity contribution in [1.82, 2.24) is 4.72 Å². The molecule has 25 heavy (non-hydrogen) atoms. The Hall–Kier alpha value is -2.09. The molecule has 2 aromatic rings. The number of rotatable bonds is 8. The molecule has 2 N–H and O–H groups in total. The van der Waals surface area contributed by atoms with Crippen molar-refractivity contribution in [3.8, 4) is 5.75 Å². The number of hydrogen-bond donors (Lipinski definition) is 2. The van der Waals surface area contributed by atoms with E-state index in [1.807, 2.05) is 6.92 Å². The molecule has 0 unspecified atom stereocenters. The van der Waals surface area contributed by atoms with Crippen LogP contribution in [0.15, 0.2) is 48.5 Å². The third-order valence-corrected chi connectivity index (χ3v) is 4.85. The third-order valence-electron chi connectivity index (χ3n) is 3.21. The minimum atomic E-state index is -3.67. The van der Waals surface area contributed by atoms with E-state index in [-0.39, 0.29) is 12.3 Å². The minimum absolute atomic E-state index is 0.289. The highest BCUT2D eigenvalue weighted by Gasteiger charge is 2.15. The van der Waals surface area contributed by atoms with Crippen LogP contribution in [-0.2, 0) is 20.6 Å². The Kier molecular flexibility index (Phi) is 6.81. The molecule has 0 bridgehead atoms. The van der Waals surface area contributed by atoms with Crippen molar-refractivity contribution in [2.24, 2.45) is 0 Å². The van der Waals surface area contributed by atoms with Crippen LogP contribution in [0.5, 0.6) is 5.75 Å². The lowest BCUT2D eigenvalue weighted by molar-refractivity contribution is -0.115. The normalized spacial score (nSPS) is 11.1. The van der Waals surface area contributed by atoms with E-state index >= 15 is 0 Å². The van der Waals surface area contributed by atoms with Crippen LogP contribution in [0.25, 0.3) is 0 Å². The second kappa shape index (κ2) is 8.84. The van der Waals surface area contributed by atoms with Crippen LogP contribution in [-0.4, -0.2) is 27.5 Å². The van der Waals surface area contributed by atoms with Crippen LogP contribution in [0.3, 0.4) is 0 Å². The first-order valence-electron chi connectivity index (χ1n) is 7.63. The van der Waals surface area contributed by atoms with Gasteiger partial charge in [0.2, 0.25) is 15.9 Å². The van der Waals surface area contributed by atoms with E-state index in [9.17, 15) is 13.2 Å². The Bertz CT molecular complexity index is 823. The van der Waals surface area contributed by atoms with Crippen molar-refractivity contribution in [1.29, 1.82) is 0 Å². The van der Waals surface area contributed by atoms with Gasteiger partial charge in [-0.05, 0) is 42.8 Å².